The lowest BCUT2D eigenvalue weighted by molar-refractivity contribution is -0.148. The van der Waals surface area contributed by atoms with Crippen molar-refractivity contribution in [2.75, 3.05) is 13.2 Å². The zero-order valence-corrected chi connectivity index (χ0v) is 8.08. The topological polar surface area (TPSA) is 52.3 Å². The summed E-state index contributed by atoms with van der Waals surface area (Å²) in [7, 11) is 0. The molecule has 13 heavy (non-hydrogen) atoms. The van der Waals surface area contributed by atoms with Gasteiger partial charge in [0, 0.05) is 0 Å². The number of ether oxygens (including phenoxy) is 1. The molecule has 0 heterocycles. The van der Waals surface area contributed by atoms with Crippen LogP contribution in [0.15, 0.2) is 0 Å². The van der Waals surface area contributed by atoms with Gasteiger partial charge in [0.15, 0.2) is 0 Å². The van der Waals surface area contributed by atoms with Crippen molar-refractivity contribution < 1.29 is 9.53 Å². The fraction of sp³-hybridized carbons (Fsp3) is 0.900. The van der Waals surface area contributed by atoms with Crippen molar-refractivity contribution in [1.29, 1.82) is 0 Å². The first-order valence-corrected chi connectivity index (χ1v) is 5.07. The fourth-order valence-electron chi connectivity index (χ4n) is 2.91. The molecular formula is C10H17NO2. The molecule has 2 bridgehead atoms. The quantitative estimate of drug-likeness (QED) is 0.662. The zero-order chi connectivity index (χ0) is 9.47. The molecule has 1 unspecified atom stereocenters. The number of carbonyl (C=O) groups is 1. The van der Waals surface area contributed by atoms with Crippen molar-refractivity contribution in [2.24, 2.45) is 23.0 Å². The van der Waals surface area contributed by atoms with E-state index < -0.39 is 0 Å². The van der Waals surface area contributed by atoms with Crippen molar-refractivity contribution in [3.63, 3.8) is 0 Å². The molecule has 3 aliphatic rings. The van der Waals surface area contributed by atoms with Gasteiger partial charge in [-0.25, -0.2) is 0 Å². The van der Waals surface area contributed by atoms with Gasteiger partial charge in [0.05, 0.1) is 12.5 Å². The standard InChI is InChI=1S/C10H17NO2/c1-2-13-9(12)8-5-10(6-11)3-7(8)4-10/h7-8H,2-6,11H2,1H3. The van der Waals surface area contributed by atoms with Crippen LogP contribution in [0.3, 0.4) is 0 Å². The third kappa shape index (κ3) is 1.26. The Morgan fingerprint density at radius 3 is 2.69 bits per heavy atom. The molecule has 0 aromatic heterocycles. The molecule has 3 nitrogen and oxygen atoms in total. The molecule has 0 saturated heterocycles. The highest BCUT2D eigenvalue weighted by Gasteiger charge is 2.57. The molecule has 0 aromatic carbocycles. The number of hydrogen-bond acceptors (Lipinski definition) is 3. The van der Waals surface area contributed by atoms with Crippen LogP contribution in [0.25, 0.3) is 0 Å². The third-order valence-corrected chi connectivity index (χ3v) is 3.63. The molecular weight excluding hydrogens is 166 g/mol. The lowest BCUT2D eigenvalue weighted by Gasteiger charge is -2.37. The molecule has 3 saturated carbocycles. The maximum Gasteiger partial charge on any atom is 0.309 e. The van der Waals surface area contributed by atoms with E-state index in [-0.39, 0.29) is 11.9 Å². The first kappa shape index (κ1) is 9.00. The van der Waals surface area contributed by atoms with Gasteiger partial charge in [-0.3, -0.25) is 4.79 Å². The minimum absolute atomic E-state index is 0.000301. The highest BCUT2D eigenvalue weighted by Crippen LogP contribution is 2.61. The van der Waals surface area contributed by atoms with Gasteiger partial charge in [0.2, 0.25) is 0 Å². The van der Waals surface area contributed by atoms with Crippen LogP contribution in [0, 0.1) is 17.3 Å². The largest absolute Gasteiger partial charge is 0.466 e. The maximum absolute atomic E-state index is 11.5. The number of fused-ring (bicyclic) bond motifs is 1. The van der Waals surface area contributed by atoms with Crippen molar-refractivity contribution in [3.05, 3.63) is 0 Å². The van der Waals surface area contributed by atoms with E-state index in [0.29, 0.717) is 17.9 Å². The summed E-state index contributed by atoms with van der Waals surface area (Å²) < 4.78 is 5.03. The van der Waals surface area contributed by atoms with E-state index in [1.807, 2.05) is 6.92 Å². The van der Waals surface area contributed by atoms with Crippen LogP contribution < -0.4 is 5.73 Å². The van der Waals surface area contributed by atoms with Gasteiger partial charge in [-0.05, 0) is 44.1 Å². The molecule has 3 aliphatic carbocycles. The first-order chi connectivity index (χ1) is 6.21. The normalized spacial score (nSPS) is 41.4. The van der Waals surface area contributed by atoms with Crippen LogP contribution in [0.1, 0.15) is 26.2 Å². The van der Waals surface area contributed by atoms with E-state index in [9.17, 15) is 4.79 Å². The summed E-state index contributed by atoms with van der Waals surface area (Å²) in [4.78, 5) is 11.5. The van der Waals surface area contributed by atoms with Crippen molar-refractivity contribution in [1.82, 2.24) is 0 Å². The average molecular weight is 183 g/mol. The third-order valence-electron chi connectivity index (χ3n) is 3.63. The van der Waals surface area contributed by atoms with Crippen molar-refractivity contribution >= 4 is 5.97 Å². The summed E-state index contributed by atoms with van der Waals surface area (Å²) in [6, 6.07) is 0. The van der Waals surface area contributed by atoms with E-state index in [2.05, 4.69) is 0 Å². The van der Waals surface area contributed by atoms with Crippen LogP contribution in [0.2, 0.25) is 0 Å². The molecule has 0 spiro atoms. The van der Waals surface area contributed by atoms with Crippen LogP contribution in [0.5, 0.6) is 0 Å². The fourth-order valence-corrected chi connectivity index (χ4v) is 2.91. The molecule has 0 amide bonds. The Morgan fingerprint density at radius 1 is 1.54 bits per heavy atom. The minimum Gasteiger partial charge on any atom is -0.466 e. The molecule has 1 atom stereocenters. The summed E-state index contributed by atoms with van der Waals surface area (Å²) in [5.41, 5.74) is 6.00. The van der Waals surface area contributed by atoms with Crippen molar-refractivity contribution in [3.8, 4) is 0 Å². The smallest absolute Gasteiger partial charge is 0.309 e. The number of nitrogens with two attached hydrogens (primary N) is 1. The molecule has 0 aliphatic heterocycles. The molecule has 3 rings (SSSR count). The second-order valence-corrected chi connectivity index (χ2v) is 4.44. The zero-order valence-electron chi connectivity index (χ0n) is 8.08. The first-order valence-electron chi connectivity index (χ1n) is 5.07. The molecule has 74 valence electrons. The molecule has 0 radical (unpaired) electrons. The SMILES string of the molecule is CCOC(=O)C1CC2(CN)CC1C2. The summed E-state index contributed by atoms with van der Waals surface area (Å²) in [5, 5.41) is 0. The number of carbonyl (C=O) groups excluding carboxylic acids is 1. The van der Waals surface area contributed by atoms with E-state index in [4.69, 9.17) is 10.5 Å². The Morgan fingerprint density at radius 2 is 2.23 bits per heavy atom. The van der Waals surface area contributed by atoms with Gasteiger partial charge in [-0.15, -0.1) is 0 Å². The number of rotatable bonds is 3. The second-order valence-electron chi connectivity index (χ2n) is 4.44. The number of esters is 1. The van der Waals surface area contributed by atoms with E-state index in [1.165, 1.54) is 0 Å². The van der Waals surface area contributed by atoms with Gasteiger partial charge in [-0.1, -0.05) is 0 Å². The number of hydrogen-bond donors (Lipinski definition) is 1. The average Bonchev–Trinajstić information content (AvgIpc) is 2.57. The molecule has 3 fully saturated rings. The van der Waals surface area contributed by atoms with Gasteiger partial charge >= 0.3 is 5.97 Å². The Kier molecular flexibility index (Phi) is 2.06. The molecule has 3 heteroatoms. The predicted molar refractivity (Wildman–Crippen MR) is 49.0 cm³/mol. The van der Waals surface area contributed by atoms with E-state index >= 15 is 0 Å². The highest BCUT2D eigenvalue weighted by atomic mass is 16.5. The Labute approximate surface area is 78.6 Å². The van der Waals surface area contributed by atoms with Crippen molar-refractivity contribution in [2.45, 2.75) is 26.2 Å². The van der Waals surface area contributed by atoms with Crippen LogP contribution in [0.4, 0.5) is 0 Å². The molecule has 0 aromatic rings. The summed E-state index contributed by atoms with van der Waals surface area (Å²) in [6.45, 7) is 3.09. The lowest BCUT2D eigenvalue weighted by atomic mass is 9.69. The summed E-state index contributed by atoms with van der Waals surface area (Å²) in [5.74, 6) is 0.728. The van der Waals surface area contributed by atoms with E-state index in [0.717, 1.165) is 25.8 Å². The van der Waals surface area contributed by atoms with Crippen LogP contribution in [-0.4, -0.2) is 19.1 Å². The van der Waals surface area contributed by atoms with Crippen LogP contribution in [-0.2, 0) is 9.53 Å². The minimum atomic E-state index is 0.000301. The summed E-state index contributed by atoms with van der Waals surface area (Å²) >= 11 is 0. The summed E-state index contributed by atoms with van der Waals surface area (Å²) in [6.07, 6.45) is 3.26. The Hall–Kier alpha value is -0.570. The van der Waals surface area contributed by atoms with E-state index in [1.54, 1.807) is 0 Å². The Balaban J connectivity index is 1.95. The van der Waals surface area contributed by atoms with Gasteiger partial charge < -0.3 is 10.5 Å². The monoisotopic (exact) mass is 183 g/mol. The lowest BCUT2D eigenvalue weighted by Crippen LogP contribution is -2.35. The Bertz CT molecular complexity index is 221. The second kappa shape index (κ2) is 2.98. The van der Waals surface area contributed by atoms with Gasteiger partial charge in [0.25, 0.3) is 0 Å². The van der Waals surface area contributed by atoms with Gasteiger partial charge in [0.1, 0.15) is 0 Å². The van der Waals surface area contributed by atoms with Crippen LogP contribution >= 0.6 is 0 Å². The highest BCUT2D eigenvalue weighted by molar-refractivity contribution is 5.74. The predicted octanol–water partition coefficient (Wildman–Crippen LogP) is 0.924. The van der Waals surface area contributed by atoms with Gasteiger partial charge in [-0.2, -0.15) is 0 Å². The maximum atomic E-state index is 11.5. The molecule has 2 N–H and O–H groups in total.